The Labute approximate surface area is 143 Å². The standard InChI is InChI=1S/C18H28N4O2/c1-13(23)14-6-5-7-15(12-14)21-18(20-10-11-24-2)22-17-9-4-3-8-16(17)19/h5-7,12,16-17H,3-4,8-11,19H2,1-2H3,(H2,20,21,22)/t16-,17-/m0/s1. The van der Waals surface area contributed by atoms with Gasteiger partial charge in [0.25, 0.3) is 0 Å². The van der Waals surface area contributed by atoms with Crippen molar-refractivity contribution in [3.8, 4) is 0 Å². The second-order valence-corrected chi connectivity index (χ2v) is 6.18. The highest BCUT2D eigenvalue weighted by Gasteiger charge is 2.22. The van der Waals surface area contributed by atoms with E-state index in [0.717, 1.165) is 18.5 Å². The molecule has 2 atom stereocenters. The highest BCUT2D eigenvalue weighted by atomic mass is 16.5. The zero-order chi connectivity index (χ0) is 17.4. The molecule has 0 radical (unpaired) electrons. The van der Waals surface area contributed by atoms with Crippen LogP contribution in [0.5, 0.6) is 0 Å². The molecule has 0 saturated heterocycles. The maximum Gasteiger partial charge on any atom is 0.196 e. The smallest absolute Gasteiger partial charge is 0.196 e. The van der Waals surface area contributed by atoms with Crippen LogP contribution in [-0.4, -0.2) is 44.1 Å². The van der Waals surface area contributed by atoms with Crippen LogP contribution in [0.2, 0.25) is 0 Å². The number of nitrogens with two attached hydrogens (primary N) is 1. The summed E-state index contributed by atoms with van der Waals surface area (Å²) in [5, 5.41) is 6.71. The van der Waals surface area contributed by atoms with Crippen LogP contribution in [0, 0.1) is 0 Å². The average molecular weight is 332 g/mol. The Morgan fingerprint density at radius 2 is 2.17 bits per heavy atom. The number of anilines is 1. The van der Waals surface area contributed by atoms with E-state index in [-0.39, 0.29) is 17.9 Å². The van der Waals surface area contributed by atoms with E-state index in [4.69, 9.17) is 10.5 Å². The normalized spacial score (nSPS) is 21.4. The number of nitrogens with zero attached hydrogens (tertiary/aromatic N) is 1. The first-order chi connectivity index (χ1) is 11.6. The Morgan fingerprint density at radius 1 is 1.38 bits per heavy atom. The molecule has 0 bridgehead atoms. The van der Waals surface area contributed by atoms with E-state index in [9.17, 15) is 4.79 Å². The molecule has 6 nitrogen and oxygen atoms in total. The van der Waals surface area contributed by atoms with Crippen molar-refractivity contribution in [2.45, 2.75) is 44.7 Å². The summed E-state index contributed by atoms with van der Waals surface area (Å²) in [6.45, 7) is 2.67. The summed E-state index contributed by atoms with van der Waals surface area (Å²) in [4.78, 5) is 16.1. The summed E-state index contributed by atoms with van der Waals surface area (Å²) in [6.07, 6.45) is 4.43. The van der Waals surface area contributed by atoms with Gasteiger partial charge in [-0.05, 0) is 31.9 Å². The largest absolute Gasteiger partial charge is 0.383 e. The van der Waals surface area contributed by atoms with Gasteiger partial charge in [0, 0.05) is 30.4 Å². The predicted molar refractivity (Wildman–Crippen MR) is 97.6 cm³/mol. The molecule has 1 saturated carbocycles. The third-order valence-electron chi connectivity index (χ3n) is 4.24. The first-order valence-corrected chi connectivity index (χ1v) is 8.53. The van der Waals surface area contributed by atoms with Gasteiger partial charge in [-0.25, -0.2) is 0 Å². The number of ether oxygens (including phenoxy) is 1. The molecular formula is C18H28N4O2. The van der Waals surface area contributed by atoms with E-state index in [0.29, 0.717) is 24.7 Å². The van der Waals surface area contributed by atoms with Crippen LogP contribution < -0.4 is 16.4 Å². The Kier molecular flexibility index (Phi) is 7.21. The van der Waals surface area contributed by atoms with Crippen LogP contribution in [0.25, 0.3) is 0 Å². The summed E-state index contributed by atoms with van der Waals surface area (Å²) in [7, 11) is 1.66. The van der Waals surface area contributed by atoms with Crippen LogP contribution in [0.1, 0.15) is 43.0 Å². The average Bonchev–Trinajstić information content (AvgIpc) is 2.57. The second-order valence-electron chi connectivity index (χ2n) is 6.18. The highest BCUT2D eigenvalue weighted by Crippen LogP contribution is 2.17. The summed E-state index contributed by atoms with van der Waals surface area (Å²) in [6, 6.07) is 7.76. The Hall–Kier alpha value is -1.92. The summed E-state index contributed by atoms with van der Waals surface area (Å²) in [5.74, 6) is 0.717. The van der Waals surface area contributed by atoms with Crippen molar-refractivity contribution in [2.24, 2.45) is 10.7 Å². The fourth-order valence-corrected chi connectivity index (χ4v) is 2.84. The van der Waals surface area contributed by atoms with Gasteiger partial charge < -0.3 is 21.1 Å². The van der Waals surface area contributed by atoms with E-state index in [1.54, 1.807) is 20.1 Å². The number of carbonyl (C=O) groups excluding carboxylic acids is 1. The minimum Gasteiger partial charge on any atom is -0.383 e. The van der Waals surface area contributed by atoms with Gasteiger partial charge >= 0.3 is 0 Å². The van der Waals surface area contributed by atoms with Crippen LogP contribution in [0.4, 0.5) is 5.69 Å². The van der Waals surface area contributed by atoms with Crippen molar-refractivity contribution in [3.05, 3.63) is 29.8 Å². The van der Waals surface area contributed by atoms with Crippen molar-refractivity contribution in [2.75, 3.05) is 25.6 Å². The number of benzene rings is 1. The van der Waals surface area contributed by atoms with Crippen molar-refractivity contribution in [3.63, 3.8) is 0 Å². The van der Waals surface area contributed by atoms with E-state index >= 15 is 0 Å². The van der Waals surface area contributed by atoms with E-state index in [1.165, 1.54) is 12.8 Å². The van der Waals surface area contributed by atoms with Gasteiger partial charge in [-0.1, -0.05) is 25.0 Å². The third kappa shape index (κ3) is 5.62. The number of hydrogen-bond acceptors (Lipinski definition) is 4. The molecule has 1 aliphatic carbocycles. The van der Waals surface area contributed by atoms with Gasteiger partial charge in [-0.3, -0.25) is 9.79 Å². The molecule has 1 fully saturated rings. The molecule has 0 unspecified atom stereocenters. The number of nitrogens with one attached hydrogen (secondary N) is 2. The number of hydrogen-bond donors (Lipinski definition) is 3. The zero-order valence-electron chi connectivity index (χ0n) is 14.5. The van der Waals surface area contributed by atoms with Crippen LogP contribution in [0.15, 0.2) is 29.3 Å². The SMILES string of the molecule is COCCN=C(Nc1cccc(C(C)=O)c1)N[C@H]1CCCC[C@@H]1N. The molecule has 132 valence electrons. The molecule has 1 aromatic carbocycles. The minimum absolute atomic E-state index is 0.0405. The molecule has 24 heavy (non-hydrogen) atoms. The molecule has 1 aliphatic rings. The number of Topliss-reactive ketones (excluding diaryl/α,β-unsaturated/α-hetero) is 1. The summed E-state index contributed by atoms with van der Waals surface area (Å²) >= 11 is 0. The monoisotopic (exact) mass is 332 g/mol. The molecule has 0 aromatic heterocycles. The van der Waals surface area contributed by atoms with Gasteiger partial charge in [0.05, 0.1) is 13.2 Å². The maximum absolute atomic E-state index is 11.5. The Morgan fingerprint density at radius 3 is 2.88 bits per heavy atom. The van der Waals surface area contributed by atoms with E-state index in [1.807, 2.05) is 18.2 Å². The maximum atomic E-state index is 11.5. The second kappa shape index (κ2) is 9.39. The predicted octanol–water partition coefficient (Wildman–Crippen LogP) is 2.16. The lowest BCUT2D eigenvalue weighted by molar-refractivity contribution is 0.101. The Balaban J connectivity index is 2.09. The molecule has 4 N–H and O–H groups in total. The number of carbonyl (C=O) groups is 1. The van der Waals surface area contributed by atoms with Crippen LogP contribution in [0.3, 0.4) is 0 Å². The van der Waals surface area contributed by atoms with Gasteiger partial charge in [0.2, 0.25) is 0 Å². The van der Waals surface area contributed by atoms with Crippen molar-refractivity contribution in [1.82, 2.24) is 5.32 Å². The van der Waals surface area contributed by atoms with E-state index in [2.05, 4.69) is 15.6 Å². The molecule has 0 spiro atoms. The number of guanidine groups is 1. The summed E-state index contributed by atoms with van der Waals surface area (Å²) in [5.41, 5.74) is 7.73. The van der Waals surface area contributed by atoms with Crippen molar-refractivity contribution in [1.29, 1.82) is 0 Å². The molecule has 2 rings (SSSR count). The van der Waals surface area contributed by atoms with Gasteiger partial charge in [0.15, 0.2) is 11.7 Å². The zero-order valence-corrected chi connectivity index (χ0v) is 14.5. The molecule has 1 aromatic rings. The van der Waals surface area contributed by atoms with Crippen LogP contribution >= 0.6 is 0 Å². The van der Waals surface area contributed by atoms with E-state index < -0.39 is 0 Å². The van der Waals surface area contributed by atoms with Crippen molar-refractivity contribution < 1.29 is 9.53 Å². The lowest BCUT2D eigenvalue weighted by atomic mass is 9.91. The molecule has 0 heterocycles. The lowest BCUT2D eigenvalue weighted by Crippen LogP contribution is -2.51. The fourth-order valence-electron chi connectivity index (χ4n) is 2.84. The topological polar surface area (TPSA) is 88.7 Å². The third-order valence-corrected chi connectivity index (χ3v) is 4.24. The number of rotatable bonds is 6. The van der Waals surface area contributed by atoms with Gasteiger partial charge in [0.1, 0.15) is 0 Å². The minimum atomic E-state index is 0.0405. The molecule has 0 aliphatic heterocycles. The molecule has 6 heteroatoms. The summed E-state index contributed by atoms with van der Waals surface area (Å²) < 4.78 is 5.07. The van der Waals surface area contributed by atoms with Gasteiger partial charge in [-0.2, -0.15) is 0 Å². The Bertz CT molecular complexity index is 574. The van der Waals surface area contributed by atoms with Gasteiger partial charge in [-0.15, -0.1) is 0 Å². The van der Waals surface area contributed by atoms with Crippen molar-refractivity contribution >= 4 is 17.4 Å². The molecule has 0 amide bonds. The number of aliphatic imine (C=N–C) groups is 1. The first kappa shape index (κ1) is 18.4. The fraction of sp³-hybridized carbons (Fsp3) is 0.556. The quantitative estimate of drug-likeness (QED) is 0.321. The number of ketones is 1. The lowest BCUT2D eigenvalue weighted by Gasteiger charge is -2.30. The highest BCUT2D eigenvalue weighted by molar-refractivity contribution is 5.98. The van der Waals surface area contributed by atoms with Crippen LogP contribution in [-0.2, 0) is 4.74 Å². The molecular weight excluding hydrogens is 304 g/mol. The number of methoxy groups -OCH3 is 1. The first-order valence-electron chi connectivity index (χ1n) is 8.53.